The van der Waals surface area contributed by atoms with E-state index in [9.17, 15) is 9.59 Å². The first-order valence-corrected chi connectivity index (χ1v) is 8.09. The van der Waals surface area contributed by atoms with Gasteiger partial charge in [0.05, 0.1) is 0 Å². The summed E-state index contributed by atoms with van der Waals surface area (Å²) >= 11 is 11.0. The van der Waals surface area contributed by atoms with Crippen molar-refractivity contribution in [2.75, 3.05) is 13.1 Å². The van der Waals surface area contributed by atoms with Crippen molar-refractivity contribution in [2.24, 2.45) is 0 Å². The standard InChI is InChI=1S/C17H17ClN2O2S/c1-3-19-15(21)14(16(22)20(4-2)17(19)23)7-5-6-12-8-10-13(18)11-9-12/h5-11H,3-4H2,1-2H3. The van der Waals surface area contributed by atoms with Crippen molar-refractivity contribution in [3.05, 3.63) is 52.6 Å². The Morgan fingerprint density at radius 1 is 1.04 bits per heavy atom. The van der Waals surface area contributed by atoms with Gasteiger partial charge in [-0.15, -0.1) is 0 Å². The van der Waals surface area contributed by atoms with Crippen molar-refractivity contribution < 1.29 is 9.59 Å². The van der Waals surface area contributed by atoms with Gasteiger partial charge >= 0.3 is 0 Å². The minimum atomic E-state index is -0.354. The van der Waals surface area contributed by atoms with Crippen LogP contribution in [0.5, 0.6) is 0 Å². The van der Waals surface area contributed by atoms with Gasteiger partial charge in [-0.05, 0) is 49.8 Å². The molecule has 0 aliphatic carbocycles. The molecule has 0 unspecified atom stereocenters. The molecule has 6 heteroatoms. The molecule has 0 radical (unpaired) electrons. The normalized spacial score (nSPS) is 15.8. The number of hydrogen-bond donors (Lipinski definition) is 0. The average Bonchev–Trinajstić information content (AvgIpc) is 2.53. The number of nitrogens with zero attached hydrogens (tertiary/aromatic N) is 2. The molecule has 1 aliphatic rings. The number of carbonyl (C=O) groups is 2. The molecular weight excluding hydrogens is 332 g/mol. The van der Waals surface area contributed by atoms with E-state index in [2.05, 4.69) is 0 Å². The van der Waals surface area contributed by atoms with Crippen molar-refractivity contribution in [3.63, 3.8) is 0 Å². The molecular formula is C17H17ClN2O2S. The van der Waals surface area contributed by atoms with E-state index in [1.807, 2.05) is 32.1 Å². The molecule has 1 aromatic rings. The van der Waals surface area contributed by atoms with Gasteiger partial charge in [0.15, 0.2) is 5.11 Å². The fraction of sp³-hybridized carbons (Fsp3) is 0.235. The van der Waals surface area contributed by atoms with Crippen LogP contribution >= 0.6 is 23.8 Å². The number of likely N-dealkylation sites (N-methyl/N-ethyl adjacent to an activating group) is 2. The molecule has 23 heavy (non-hydrogen) atoms. The van der Waals surface area contributed by atoms with E-state index in [4.69, 9.17) is 23.8 Å². The number of hydrogen-bond acceptors (Lipinski definition) is 3. The van der Waals surface area contributed by atoms with Gasteiger partial charge in [0.25, 0.3) is 11.8 Å². The molecule has 0 saturated carbocycles. The van der Waals surface area contributed by atoms with Gasteiger partial charge in [0.1, 0.15) is 5.57 Å². The Labute approximate surface area is 146 Å². The largest absolute Gasteiger partial charge is 0.285 e. The average molecular weight is 349 g/mol. The molecule has 120 valence electrons. The molecule has 1 saturated heterocycles. The smallest absolute Gasteiger partial charge is 0.265 e. The van der Waals surface area contributed by atoms with Crippen LogP contribution in [0.1, 0.15) is 19.4 Å². The van der Waals surface area contributed by atoms with E-state index in [-0.39, 0.29) is 22.5 Å². The predicted octanol–water partition coefficient (Wildman–Crippen LogP) is 3.28. The number of thiocarbonyl (C=S) groups is 1. The molecule has 0 spiro atoms. The Hall–Kier alpha value is -1.98. The van der Waals surface area contributed by atoms with Crippen LogP contribution in [0.25, 0.3) is 6.08 Å². The van der Waals surface area contributed by atoms with Gasteiger partial charge in [-0.1, -0.05) is 35.9 Å². The number of benzene rings is 1. The monoisotopic (exact) mass is 348 g/mol. The van der Waals surface area contributed by atoms with Crippen LogP contribution in [-0.2, 0) is 9.59 Å². The van der Waals surface area contributed by atoms with Crippen molar-refractivity contribution in [1.82, 2.24) is 9.80 Å². The zero-order valence-corrected chi connectivity index (χ0v) is 14.5. The number of allylic oxidation sites excluding steroid dienone is 2. The Kier molecular flexibility index (Phi) is 5.69. The molecule has 0 atom stereocenters. The van der Waals surface area contributed by atoms with Crippen LogP contribution in [0.15, 0.2) is 42.0 Å². The summed E-state index contributed by atoms with van der Waals surface area (Å²) in [5.74, 6) is -0.707. The van der Waals surface area contributed by atoms with Gasteiger partial charge in [0, 0.05) is 18.1 Å². The second kappa shape index (κ2) is 7.53. The molecule has 0 bridgehead atoms. The fourth-order valence-electron chi connectivity index (χ4n) is 2.23. The first-order chi connectivity index (χ1) is 11.0. The molecule has 1 aromatic carbocycles. The van der Waals surface area contributed by atoms with E-state index in [1.165, 1.54) is 15.9 Å². The Morgan fingerprint density at radius 2 is 1.57 bits per heavy atom. The zero-order chi connectivity index (χ0) is 17.0. The van der Waals surface area contributed by atoms with Crippen molar-refractivity contribution in [3.8, 4) is 0 Å². The lowest BCUT2D eigenvalue weighted by Gasteiger charge is -2.35. The summed E-state index contributed by atoms with van der Waals surface area (Å²) in [5, 5.41) is 0.924. The van der Waals surface area contributed by atoms with E-state index in [1.54, 1.807) is 18.2 Å². The van der Waals surface area contributed by atoms with Crippen molar-refractivity contribution >= 4 is 46.8 Å². The molecule has 2 rings (SSSR count). The highest BCUT2D eigenvalue weighted by molar-refractivity contribution is 7.80. The van der Waals surface area contributed by atoms with Gasteiger partial charge in [-0.25, -0.2) is 0 Å². The minimum Gasteiger partial charge on any atom is -0.285 e. The Balaban J connectivity index is 2.28. The predicted molar refractivity (Wildman–Crippen MR) is 95.9 cm³/mol. The van der Waals surface area contributed by atoms with Crippen LogP contribution in [0.3, 0.4) is 0 Å². The second-order valence-corrected chi connectivity index (χ2v) is 5.67. The number of carbonyl (C=O) groups excluding carboxylic acids is 2. The lowest BCUT2D eigenvalue weighted by molar-refractivity contribution is -0.133. The summed E-state index contributed by atoms with van der Waals surface area (Å²) in [7, 11) is 0. The van der Waals surface area contributed by atoms with Crippen LogP contribution in [0.4, 0.5) is 0 Å². The number of halogens is 1. The van der Waals surface area contributed by atoms with E-state index >= 15 is 0 Å². The molecule has 2 amide bonds. The van der Waals surface area contributed by atoms with Gasteiger partial charge < -0.3 is 0 Å². The highest BCUT2D eigenvalue weighted by Crippen LogP contribution is 2.18. The van der Waals surface area contributed by atoms with Crippen molar-refractivity contribution in [1.29, 1.82) is 0 Å². The molecule has 1 heterocycles. The zero-order valence-electron chi connectivity index (χ0n) is 13.0. The topological polar surface area (TPSA) is 40.6 Å². The lowest BCUT2D eigenvalue weighted by atomic mass is 10.1. The van der Waals surface area contributed by atoms with E-state index in [0.29, 0.717) is 18.1 Å². The van der Waals surface area contributed by atoms with Crippen LogP contribution < -0.4 is 0 Å². The van der Waals surface area contributed by atoms with Crippen molar-refractivity contribution in [2.45, 2.75) is 13.8 Å². The maximum Gasteiger partial charge on any atom is 0.265 e. The summed E-state index contributed by atoms with van der Waals surface area (Å²) in [6.07, 6.45) is 5.03. The third-order valence-corrected chi connectivity index (χ3v) is 4.16. The molecule has 4 nitrogen and oxygen atoms in total. The number of amides is 2. The van der Waals surface area contributed by atoms with Gasteiger partial charge in [-0.3, -0.25) is 19.4 Å². The third-order valence-electron chi connectivity index (χ3n) is 3.47. The maximum absolute atomic E-state index is 12.4. The Bertz CT molecular complexity index is 667. The van der Waals surface area contributed by atoms with Crippen LogP contribution in [0, 0.1) is 0 Å². The highest BCUT2D eigenvalue weighted by Gasteiger charge is 2.37. The molecule has 1 aliphatic heterocycles. The first kappa shape index (κ1) is 17.4. The van der Waals surface area contributed by atoms with Gasteiger partial charge in [0.2, 0.25) is 0 Å². The quantitative estimate of drug-likeness (QED) is 0.476. The summed E-state index contributed by atoms with van der Waals surface area (Å²) in [4.78, 5) is 27.7. The van der Waals surface area contributed by atoms with Crippen LogP contribution in [-0.4, -0.2) is 39.8 Å². The molecule has 0 aromatic heterocycles. The lowest BCUT2D eigenvalue weighted by Crippen LogP contribution is -2.55. The first-order valence-electron chi connectivity index (χ1n) is 7.31. The highest BCUT2D eigenvalue weighted by atomic mass is 35.5. The Morgan fingerprint density at radius 3 is 2.04 bits per heavy atom. The third kappa shape index (κ3) is 3.68. The summed E-state index contributed by atoms with van der Waals surface area (Å²) in [6, 6.07) is 7.27. The van der Waals surface area contributed by atoms with E-state index in [0.717, 1.165) is 5.56 Å². The fourth-order valence-corrected chi connectivity index (χ4v) is 2.78. The minimum absolute atomic E-state index is 0.118. The molecule has 1 fully saturated rings. The summed E-state index contributed by atoms with van der Waals surface area (Å²) < 4.78 is 0. The summed E-state index contributed by atoms with van der Waals surface area (Å²) in [5.41, 5.74) is 1.05. The molecule has 0 N–H and O–H groups in total. The summed E-state index contributed by atoms with van der Waals surface area (Å²) in [6.45, 7) is 4.52. The maximum atomic E-state index is 12.4. The SMILES string of the molecule is CCN1C(=O)C(=CC=Cc2ccc(Cl)cc2)C(=O)N(CC)C1=S. The second-order valence-electron chi connectivity index (χ2n) is 4.87. The van der Waals surface area contributed by atoms with E-state index < -0.39 is 0 Å². The van der Waals surface area contributed by atoms with Gasteiger partial charge in [-0.2, -0.15) is 0 Å². The van der Waals surface area contributed by atoms with Crippen LogP contribution in [0.2, 0.25) is 5.02 Å². The number of rotatable bonds is 4.